The Hall–Kier alpha value is -2.08. The van der Waals surface area contributed by atoms with Crippen LogP contribution in [0.25, 0.3) is 0 Å². The van der Waals surface area contributed by atoms with Crippen LogP contribution in [0.3, 0.4) is 0 Å². The number of amides is 1. The second-order valence-corrected chi connectivity index (χ2v) is 5.29. The molecule has 0 radical (unpaired) electrons. The Balaban J connectivity index is 2.10. The second-order valence-electron chi connectivity index (χ2n) is 5.29. The summed E-state index contributed by atoms with van der Waals surface area (Å²) in [5, 5.41) is 1.10. The van der Waals surface area contributed by atoms with E-state index in [4.69, 9.17) is 9.57 Å². The lowest BCUT2D eigenvalue weighted by atomic mass is 10.1. The number of morpholine rings is 1. The second kappa shape index (κ2) is 7.26. The van der Waals surface area contributed by atoms with E-state index in [1.54, 1.807) is 0 Å². The number of nitrogens with zero attached hydrogens (tertiary/aromatic N) is 2. The third-order valence-corrected chi connectivity index (χ3v) is 3.64. The van der Waals surface area contributed by atoms with Crippen LogP contribution >= 0.6 is 0 Å². The third-order valence-electron chi connectivity index (χ3n) is 3.64. The fourth-order valence-corrected chi connectivity index (χ4v) is 2.48. The zero-order chi connectivity index (χ0) is 16.1. The van der Waals surface area contributed by atoms with E-state index < -0.39 is 5.97 Å². The Morgan fingerprint density at radius 2 is 1.77 bits per heavy atom. The maximum Gasteiger partial charge on any atom is 0.329 e. The molecule has 0 bridgehead atoms. The minimum atomic E-state index is -0.507. The maximum atomic E-state index is 11.6. The molecule has 6 nitrogen and oxygen atoms in total. The standard InChI is InChI=1S/C16H22N2O4/c1-12(18(13(2)19)22-14(3)20)15-4-6-16(7-5-15)17-8-10-21-11-9-17/h4-7,12H,8-11H2,1-3H3. The average Bonchev–Trinajstić information content (AvgIpc) is 2.52. The lowest BCUT2D eigenvalue weighted by molar-refractivity contribution is -0.203. The molecule has 1 amide bonds. The number of rotatable bonds is 3. The van der Waals surface area contributed by atoms with Crippen LogP contribution in [-0.2, 0) is 19.2 Å². The number of anilines is 1. The summed E-state index contributed by atoms with van der Waals surface area (Å²) in [6.45, 7) is 7.72. The largest absolute Gasteiger partial charge is 0.378 e. The van der Waals surface area contributed by atoms with Gasteiger partial charge in [0.05, 0.1) is 19.3 Å². The van der Waals surface area contributed by atoms with Crippen LogP contribution in [0, 0.1) is 0 Å². The van der Waals surface area contributed by atoms with Crippen molar-refractivity contribution in [2.24, 2.45) is 0 Å². The highest BCUT2D eigenvalue weighted by molar-refractivity contribution is 5.75. The molecule has 1 atom stereocenters. The van der Waals surface area contributed by atoms with E-state index in [-0.39, 0.29) is 11.9 Å². The van der Waals surface area contributed by atoms with Gasteiger partial charge in [0.25, 0.3) is 5.91 Å². The molecule has 6 heteroatoms. The van der Waals surface area contributed by atoms with Gasteiger partial charge in [0.2, 0.25) is 0 Å². The highest BCUT2D eigenvalue weighted by Crippen LogP contribution is 2.24. The molecule has 0 aliphatic carbocycles. The molecule has 1 aliphatic rings. The van der Waals surface area contributed by atoms with E-state index in [0.717, 1.165) is 42.6 Å². The van der Waals surface area contributed by atoms with Crippen LogP contribution in [0.15, 0.2) is 24.3 Å². The van der Waals surface area contributed by atoms with Gasteiger partial charge in [-0.2, -0.15) is 5.06 Å². The summed E-state index contributed by atoms with van der Waals surface area (Å²) < 4.78 is 5.34. The summed E-state index contributed by atoms with van der Waals surface area (Å²) >= 11 is 0. The Labute approximate surface area is 130 Å². The summed E-state index contributed by atoms with van der Waals surface area (Å²) in [4.78, 5) is 30.0. The number of carbonyl (C=O) groups is 2. The van der Waals surface area contributed by atoms with Crippen molar-refractivity contribution in [2.45, 2.75) is 26.8 Å². The molecule has 120 valence electrons. The van der Waals surface area contributed by atoms with Gasteiger partial charge in [-0.3, -0.25) is 9.59 Å². The Bertz CT molecular complexity index is 523. The molecule has 0 spiro atoms. The first-order valence-corrected chi connectivity index (χ1v) is 7.40. The summed E-state index contributed by atoms with van der Waals surface area (Å²) in [6, 6.07) is 7.61. The summed E-state index contributed by atoms with van der Waals surface area (Å²) in [7, 11) is 0. The number of hydroxylamine groups is 2. The highest BCUT2D eigenvalue weighted by Gasteiger charge is 2.22. The van der Waals surface area contributed by atoms with E-state index in [1.807, 2.05) is 31.2 Å². The Kier molecular flexibility index (Phi) is 5.38. The number of ether oxygens (including phenoxy) is 1. The van der Waals surface area contributed by atoms with Crippen LogP contribution in [0.5, 0.6) is 0 Å². The van der Waals surface area contributed by atoms with Gasteiger partial charge in [0, 0.05) is 32.6 Å². The van der Waals surface area contributed by atoms with Gasteiger partial charge in [-0.15, -0.1) is 0 Å². The number of hydrogen-bond acceptors (Lipinski definition) is 5. The predicted molar refractivity (Wildman–Crippen MR) is 82.2 cm³/mol. The van der Waals surface area contributed by atoms with E-state index >= 15 is 0 Å². The molecule has 0 saturated carbocycles. The molecule has 0 aromatic heterocycles. The molecule has 1 saturated heterocycles. The van der Waals surface area contributed by atoms with Gasteiger partial charge in [0.1, 0.15) is 0 Å². The minimum Gasteiger partial charge on any atom is -0.378 e. The quantitative estimate of drug-likeness (QED) is 0.798. The van der Waals surface area contributed by atoms with E-state index in [2.05, 4.69) is 4.90 Å². The number of hydrogen-bond donors (Lipinski definition) is 0. The SMILES string of the molecule is CC(=O)ON(C(C)=O)C(C)c1ccc(N2CCOCC2)cc1. The molecule has 22 heavy (non-hydrogen) atoms. The molecule has 1 fully saturated rings. The van der Waals surface area contributed by atoms with Gasteiger partial charge < -0.3 is 14.5 Å². The third kappa shape index (κ3) is 3.98. The summed E-state index contributed by atoms with van der Waals surface area (Å²) in [5.74, 6) is -0.813. The van der Waals surface area contributed by atoms with E-state index in [0.29, 0.717) is 0 Å². The molecular weight excluding hydrogens is 284 g/mol. The molecule has 1 aromatic rings. The van der Waals surface area contributed by atoms with Gasteiger partial charge in [-0.1, -0.05) is 12.1 Å². The normalized spacial score (nSPS) is 16.0. The first kappa shape index (κ1) is 16.3. The zero-order valence-corrected chi connectivity index (χ0v) is 13.2. The minimum absolute atomic E-state index is 0.306. The molecule has 1 heterocycles. The molecule has 1 aliphatic heterocycles. The lowest BCUT2D eigenvalue weighted by Crippen LogP contribution is -2.36. The lowest BCUT2D eigenvalue weighted by Gasteiger charge is -2.30. The fourth-order valence-electron chi connectivity index (χ4n) is 2.48. The smallest absolute Gasteiger partial charge is 0.329 e. The fraction of sp³-hybridized carbons (Fsp3) is 0.500. The van der Waals surface area contributed by atoms with Crippen molar-refractivity contribution in [2.75, 3.05) is 31.2 Å². The van der Waals surface area contributed by atoms with E-state index in [9.17, 15) is 9.59 Å². The Morgan fingerprint density at radius 3 is 2.27 bits per heavy atom. The molecular formula is C16H22N2O4. The number of carbonyl (C=O) groups excluding carboxylic acids is 2. The van der Waals surface area contributed by atoms with Crippen LogP contribution in [-0.4, -0.2) is 43.2 Å². The molecule has 2 rings (SSSR count). The van der Waals surface area contributed by atoms with Gasteiger partial charge in [-0.25, -0.2) is 0 Å². The van der Waals surface area contributed by atoms with Crippen molar-refractivity contribution < 1.29 is 19.2 Å². The molecule has 1 unspecified atom stereocenters. The van der Waals surface area contributed by atoms with Crippen LogP contribution in [0.4, 0.5) is 5.69 Å². The summed E-state index contributed by atoms with van der Waals surface area (Å²) in [5.41, 5.74) is 2.04. The first-order valence-electron chi connectivity index (χ1n) is 7.40. The van der Waals surface area contributed by atoms with Gasteiger partial charge >= 0.3 is 5.97 Å². The van der Waals surface area contributed by atoms with Crippen molar-refractivity contribution in [3.8, 4) is 0 Å². The zero-order valence-electron chi connectivity index (χ0n) is 13.2. The Morgan fingerprint density at radius 1 is 1.18 bits per heavy atom. The van der Waals surface area contributed by atoms with Crippen LogP contribution < -0.4 is 4.90 Å². The maximum absolute atomic E-state index is 11.6. The molecule has 0 N–H and O–H groups in total. The highest BCUT2D eigenvalue weighted by atomic mass is 16.7. The van der Waals surface area contributed by atoms with Crippen molar-refractivity contribution in [3.63, 3.8) is 0 Å². The van der Waals surface area contributed by atoms with Gasteiger partial charge in [-0.05, 0) is 24.6 Å². The monoisotopic (exact) mass is 306 g/mol. The predicted octanol–water partition coefficient (Wildman–Crippen LogP) is 1.91. The van der Waals surface area contributed by atoms with Crippen LogP contribution in [0.1, 0.15) is 32.4 Å². The van der Waals surface area contributed by atoms with Crippen molar-refractivity contribution in [1.29, 1.82) is 0 Å². The molecule has 1 aromatic carbocycles. The van der Waals surface area contributed by atoms with E-state index in [1.165, 1.54) is 13.8 Å². The topological polar surface area (TPSA) is 59.1 Å². The average molecular weight is 306 g/mol. The summed E-state index contributed by atoms with van der Waals surface area (Å²) in [6.07, 6.45) is 0. The van der Waals surface area contributed by atoms with Gasteiger partial charge in [0.15, 0.2) is 0 Å². The number of benzene rings is 1. The van der Waals surface area contributed by atoms with Crippen molar-refractivity contribution in [1.82, 2.24) is 5.06 Å². The van der Waals surface area contributed by atoms with Crippen LogP contribution in [0.2, 0.25) is 0 Å². The first-order chi connectivity index (χ1) is 10.5. The van der Waals surface area contributed by atoms with Crippen molar-refractivity contribution >= 4 is 17.6 Å². The van der Waals surface area contributed by atoms with Crippen molar-refractivity contribution in [3.05, 3.63) is 29.8 Å².